The number of aliphatic carboxylic acids is 1. The van der Waals surface area contributed by atoms with Crippen molar-refractivity contribution >= 4 is 28.6 Å². The Balaban J connectivity index is 0.000000318. The highest BCUT2D eigenvalue weighted by molar-refractivity contribution is 5.99. The molecule has 10 heteroatoms. The molecule has 7 nitrogen and oxygen atoms in total. The molecule has 0 radical (unpaired) electrons. The molecule has 0 unspecified atom stereocenters. The van der Waals surface area contributed by atoms with Crippen LogP contribution < -0.4 is 10.6 Å². The lowest BCUT2D eigenvalue weighted by Gasteiger charge is -2.25. The van der Waals surface area contributed by atoms with Crippen molar-refractivity contribution in [1.82, 2.24) is 15.3 Å². The fourth-order valence-corrected chi connectivity index (χ4v) is 3.16. The molecule has 1 aliphatic rings. The van der Waals surface area contributed by atoms with Gasteiger partial charge in [-0.25, -0.2) is 9.78 Å². The maximum absolute atomic E-state index is 12.4. The lowest BCUT2D eigenvalue weighted by molar-refractivity contribution is -0.192. The van der Waals surface area contributed by atoms with Crippen LogP contribution in [-0.4, -0.2) is 39.2 Å². The monoisotopic (exact) mass is 420 g/mol. The number of rotatable bonds is 3. The van der Waals surface area contributed by atoms with E-state index in [1.807, 2.05) is 18.2 Å². The quantitative estimate of drug-likeness (QED) is 0.521. The predicted octanol–water partition coefficient (Wildman–Crippen LogP) is 3.24. The number of hydrogen-bond donors (Lipinski definition) is 4. The second-order valence-electron chi connectivity index (χ2n) is 6.71. The van der Waals surface area contributed by atoms with Crippen molar-refractivity contribution in [2.75, 3.05) is 5.32 Å². The topological polar surface area (TPSA) is 107 Å². The summed E-state index contributed by atoms with van der Waals surface area (Å²) in [6.07, 6.45) is -2.11. The maximum atomic E-state index is 12.4. The number of carboxylic acids is 1. The van der Waals surface area contributed by atoms with Crippen molar-refractivity contribution in [2.24, 2.45) is 0 Å². The van der Waals surface area contributed by atoms with Gasteiger partial charge in [-0.15, -0.1) is 0 Å². The molecule has 1 aromatic heterocycles. The van der Waals surface area contributed by atoms with Crippen LogP contribution in [0.3, 0.4) is 0 Å². The number of benzene rings is 2. The highest BCUT2D eigenvalue weighted by Crippen LogP contribution is 2.21. The number of alkyl halides is 3. The Morgan fingerprint density at radius 3 is 2.53 bits per heavy atom. The molecule has 0 bridgehead atoms. The molecule has 30 heavy (non-hydrogen) atoms. The molecule has 4 N–H and O–H groups in total. The van der Waals surface area contributed by atoms with E-state index in [-0.39, 0.29) is 11.9 Å². The summed E-state index contributed by atoms with van der Waals surface area (Å²) < 4.78 is 31.7. The minimum absolute atomic E-state index is 0.0115. The number of aromatic nitrogens is 2. The van der Waals surface area contributed by atoms with Crippen LogP contribution in [0.1, 0.15) is 17.5 Å². The third-order valence-corrected chi connectivity index (χ3v) is 4.56. The number of carbonyl (C=O) groups is 2. The number of nitrogens with one attached hydrogen (secondary N) is 3. The minimum Gasteiger partial charge on any atom is -0.475 e. The summed E-state index contributed by atoms with van der Waals surface area (Å²) in [5.74, 6) is -2.75. The number of nitrogens with zero attached hydrogens (tertiary/aromatic N) is 1. The number of halogens is 3. The van der Waals surface area contributed by atoms with Crippen LogP contribution in [0.25, 0.3) is 11.0 Å². The highest BCUT2D eigenvalue weighted by atomic mass is 19.4. The minimum atomic E-state index is -5.08. The summed E-state index contributed by atoms with van der Waals surface area (Å²) in [5, 5.41) is 13.5. The normalized spacial score (nSPS) is 15.6. The van der Waals surface area contributed by atoms with Gasteiger partial charge < -0.3 is 20.7 Å². The van der Waals surface area contributed by atoms with Crippen LogP contribution in [0, 0.1) is 0 Å². The number of amides is 1. The molecule has 0 fully saturated rings. The zero-order chi connectivity index (χ0) is 21.7. The summed E-state index contributed by atoms with van der Waals surface area (Å²) in [5.41, 5.74) is 5.13. The van der Waals surface area contributed by atoms with E-state index in [1.54, 1.807) is 6.33 Å². The van der Waals surface area contributed by atoms with Crippen LogP contribution in [0.15, 0.2) is 48.8 Å². The van der Waals surface area contributed by atoms with Crippen LogP contribution in [0.4, 0.5) is 18.9 Å². The van der Waals surface area contributed by atoms with Crippen LogP contribution >= 0.6 is 0 Å². The van der Waals surface area contributed by atoms with E-state index >= 15 is 0 Å². The molecular weight excluding hydrogens is 401 g/mol. The van der Waals surface area contributed by atoms with Crippen molar-refractivity contribution in [1.29, 1.82) is 0 Å². The smallest absolute Gasteiger partial charge is 0.475 e. The number of hydrogen-bond acceptors (Lipinski definition) is 4. The number of para-hydroxylation sites is 1. The van der Waals surface area contributed by atoms with E-state index in [9.17, 15) is 18.0 Å². The van der Waals surface area contributed by atoms with E-state index in [0.717, 1.165) is 29.7 Å². The van der Waals surface area contributed by atoms with Gasteiger partial charge in [0.15, 0.2) is 0 Å². The first-order valence-corrected chi connectivity index (χ1v) is 9.06. The first-order chi connectivity index (χ1) is 14.2. The zero-order valence-corrected chi connectivity index (χ0v) is 15.7. The van der Waals surface area contributed by atoms with Gasteiger partial charge in [-0.1, -0.05) is 30.3 Å². The van der Waals surface area contributed by atoms with E-state index in [1.165, 1.54) is 11.1 Å². The highest BCUT2D eigenvalue weighted by Gasteiger charge is 2.38. The molecule has 0 saturated carbocycles. The van der Waals surface area contributed by atoms with Gasteiger partial charge in [0.05, 0.1) is 17.5 Å². The van der Waals surface area contributed by atoms with Crippen molar-refractivity contribution in [2.45, 2.75) is 31.6 Å². The molecule has 1 atom stereocenters. The molecule has 4 rings (SSSR count). The maximum Gasteiger partial charge on any atom is 0.490 e. The summed E-state index contributed by atoms with van der Waals surface area (Å²) in [4.78, 5) is 28.6. The molecule has 2 aromatic carbocycles. The Hall–Kier alpha value is -3.40. The Morgan fingerprint density at radius 1 is 1.13 bits per heavy atom. The number of H-pyrrole nitrogens is 1. The van der Waals surface area contributed by atoms with E-state index < -0.39 is 12.1 Å². The van der Waals surface area contributed by atoms with Gasteiger partial charge in [0.25, 0.3) is 0 Å². The Labute approximate surface area is 169 Å². The number of carboxylic acid groups (broad SMARTS) is 1. The third-order valence-electron chi connectivity index (χ3n) is 4.56. The number of anilines is 1. The van der Waals surface area contributed by atoms with Gasteiger partial charge in [0.1, 0.15) is 5.52 Å². The molecular formula is C20H19F3N4O3. The summed E-state index contributed by atoms with van der Waals surface area (Å²) >= 11 is 0. The Bertz CT molecular complexity index is 1050. The van der Waals surface area contributed by atoms with Gasteiger partial charge in [0.2, 0.25) is 5.91 Å². The Morgan fingerprint density at radius 2 is 1.83 bits per heavy atom. The van der Waals surface area contributed by atoms with Crippen molar-refractivity contribution in [3.8, 4) is 0 Å². The largest absolute Gasteiger partial charge is 0.490 e. The molecule has 0 aliphatic carbocycles. The second kappa shape index (κ2) is 8.95. The Kier molecular flexibility index (Phi) is 6.36. The fourth-order valence-electron chi connectivity index (χ4n) is 3.16. The van der Waals surface area contributed by atoms with E-state index in [2.05, 4.69) is 44.9 Å². The average molecular weight is 420 g/mol. The van der Waals surface area contributed by atoms with Crippen LogP contribution in [-0.2, 0) is 22.6 Å². The zero-order valence-electron chi connectivity index (χ0n) is 15.7. The van der Waals surface area contributed by atoms with Gasteiger partial charge in [-0.2, -0.15) is 13.2 Å². The predicted molar refractivity (Wildman–Crippen MR) is 104 cm³/mol. The number of aromatic amines is 1. The van der Waals surface area contributed by atoms with Gasteiger partial charge in [0, 0.05) is 19.0 Å². The molecule has 1 aliphatic heterocycles. The number of carbonyl (C=O) groups excluding carboxylic acids is 1. The SMILES string of the molecule is O=C(C[C@@H]1Cc2ccccc2CN1)Nc1cccc2[nH]cnc12.O=C(O)C(F)(F)F. The molecule has 0 spiro atoms. The second-order valence-corrected chi connectivity index (χ2v) is 6.71. The summed E-state index contributed by atoms with van der Waals surface area (Å²) in [6, 6.07) is 14.3. The van der Waals surface area contributed by atoms with Gasteiger partial charge in [-0.05, 0) is 29.7 Å². The fraction of sp³-hybridized carbons (Fsp3) is 0.250. The van der Waals surface area contributed by atoms with Gasteiger partial charge >= 0.3 is 12.1 Å². The number of fused-ring (bicyclic) bond motifs is 2. The lowest BCUT2D eigenvalue weighted by Crippen LogP contribution is -2.38. The van der Waals surface area contributed by atoms with Gasteiger partial charge in [-0.3, -0.25) is 4.79 Å². The average Bonchev–Trinajstić information content (AvgIpc) is 3.17. The van der Waals surface area contributed by atoms with Crippen LogP contribution in [0.5, 0.6) is 0 Å². The van der Waals surface area contributed by atoms with Crippen molar-refractivity contribution in [3.05, 3.63) is 59.9 Å². The van der Waals surface area contributed by atoms with E-state index in [0.29, 0.717) is 6.42 Å². The molecule has 1 amide bonds. The van der Waals surface area contributed by atoms with Crippen LogP contribution in [0.2, 0.25) is 0 Å². The van der Waals surface area contributed by atoms with E-state index in [4.69, 9.17) is 9.90 Å². The van der Waals surface area contributed by atoms with Crippen molar-refractivity contribution < 1.29 is 27.9 Å². The third kappa shape index (κ3) is 5.35. The summed E-state index contributed by atoms with van der Waals surface area (Å²) in [7, 11) is 0. The molecule has 2 heterocycles. The first kappa shape index (κ1) is 21.3. The lowest BCUT2D eigenvalue weighted by atomic mass is 9.94. The van der Waals surface area contributed by atoms with Crippen molar-refractivity contribution in [3.63, 3.8) is 0 Å². The molecule has 3 aromatic rings. The summed E-state index contributed by atoms with van der Waals surface area (Å²) in [6.45, 7) is 0.822. The standard InChI is InChI=1S/C18H18N4O.C2HF3O2/c23-17(22-16-7-3-6-15-18(16)21-11-20-15)9-14-8-12-4-1-2-5-13(12)10-19-14;3-2(4,5)1(6)7/h1-7,11,14,19H,8-10H2,(H,20,21)(H,22,23);(H,6,7)/t14-;/m0./s1. The first-order valence-electron chi connectivity index (χ1n) is 9.06. The molecule has 158 valence electrons. The number of imidazole rings is 1. The molecule has 0 saturated heterocycles.